The zero-order chi connectivity index (χ0) is 20.8. The number of hydrogen-bond acceptors (Lipinski definition) is 5. The molecular formula is C22H23N3O4. The van der Waals surface area contributed by atoms with E-state index in [1.165, 1.54) is 9.58 Å². The fourth-order valence-electron chi connectivity index (χ4n) is 2.93. The summed E-state index contributed by atoms with van der Waals surface area (Å²) in [6.07, 6.45) is 1.65. The number of hydrogen-bond donors (Lipinski definition) is 0. The molecule has 0 spiro atoms. The maximum atomic E-state index is 12.7. The number of unbranched alkanes of at least 4 members (excludes halogenated alkanes) is 1. The lowest BCUT2D eigenvalue weighted by atomic mass is 10.1. The summed E-state index contributed by atoms with van der Waals surface area (Å²) in [6, 6.07) is 15.9. The van der Waals surface area contributed by atoms with E-state index in [4.69, 9.17) is 4.74 Å². The molecule has 0 aliphatic rings. The van der Waals surface area contributed by atoms with E-state index < -0.39 is 12.6 Å². The Kier molecular flexibility index (Phi) is 6.39. The molecule has 2 aromatic carbocycles. The van der Waals surface area contributed by atoms with Crippen molar-refractivity contribution >= 4 is 28.3 Å². The van der Waals surface area contributed by atoms with E-state index in [0.29, 0.717) is 23.0 Å². The minimum absolute atomic E-state index is 0.0338. The van der Waals surface area contributed by atoms with Crippen LogP contribution >= 0.6 is 0 Å². The van der Waals surface area contributed by atoms with Crippen LogP contribution in [0.5, 0.6) is 0 Å². The van der Waals surface area contributed by atoms with Crippen LogP contribution in [0.3, 0.4) is 0 Å². The number of nitrogens with zero attached hydrogens (tertiary/aromatic N) is 3. The monoisotopic (exact) mass is 393 g/mol. The topological polar surface area (TPSA) is 81.5 Å². The zero-order valence-corrected chi connectivity index (χ0v) is 16.5. The van der Waals surface area contributed by atoms with Crippen LogP contribution in [0.4, 0.5) is 5.69 Å². The smallest absolute Gasteiger partial charge is 0.359 e. The number of aromatic nitrogens is 2. The van der Waals surface area contributed by atoms with Gasteiger partial charge in [-0.3, -0.25) is 9.59 Å². The average molecular weight is 393 g/mol. The SMILES string of the molecule is CCCCn1nc(C(=O)OCC(=O)N(C)c2ccccc2)c2ccccc2c1=O. The van der Waals surface area contributed by atoms with Crippen LogP contribution in [0, 0.1) is 0 Å². The molecule has 0 atom stereocenters. The predicted molar refractivity (Wildman–Crippen MR) is 111 cm³/mol. The van der Waals surface area contributed by atoms with Crippen molar-refractivity contribution in [3.63, 3.8) is 0 Å². The zero-order valence-electron chi connectivity index (χ0n) is 16.5. The first-order chi connectivity index (χ1) is 14.0. The van der Waals surface area contributed by atoms with Crippen LogP contribution in [0.25, 0.3) is 10.8 Å². The normalized spacial score (nSPS) is 10.7. The molecule has 0 bridgehead atoms. The number of esters is 1. The first kappa shape index (κ1) is 20.3. The van der Waals surface area contributed by atoms with Crippen LogP contribution in [0.15, 0.2) is 59.4 Å². The third-order valence-corrected chi connectivity index (χ3v) is 4.63. The molecule has 29 heavy (non-hydrogen) atoms. The van der Waals surface area contributed by atoms with Crippen molar-refractivity contribution < 1.29 is 14.3 Å². The van der Waals surface area contributed by atoms with Gasteiger partial charge in [-0.05, 0) is 24.6 Å². The lowest BCUT2D eigenvalue weighted by Gasteiger charge is -2.17. The van der Waals surface area contributed by atoms with Gasteiger partial charge in [-0.1, -0.05) is 49.7 Å². The maximum absolute atomic E-state index is 12.7. The molecule has 0 aliphatic carbocycles. The largest absolute Gasteiger partial charge is 0.451 e. The number of amides is 1. The summed E-state index contributed by atoms with van der Waals surface area (Å²) < 4.78 is 6.52. The van der Waals surface area contributed by atoms with E-state index >= 15 is 0 Å². The minimum Gasteiger partial charge on any atom is -0.451 e. The van der Waals surface area contributed by atoms with Gasteiger partial charge >= 0.3 is 5.97 Å². The molecule has 3 aromatic rings. The summed E-state index contributed by atoms with van der Waals surface area (Å²) in [6.45, 7) is 2.00. The Morgan fingerprint density at radius 1 is 1.03 bits per heavy atom. The molecule has 1 amide bonds. The Morgan fingerprint density at radius 2 is 1.69 bits per heavy atom. The summed E-state index contributed by atoms with van der Waals surface area (Å²) in [4.78, 5) is 39.1. The fourth-order valence-corrected chi connectivity index (χ4v) is 2.93. The van der Waals surface area contributed by atoms with E-state index in [2.05, 4.69) is 5.10 Å². The molecule has 0 radical (unpaired) electrons. The van der Waals surface area contributed by atoms with Crippen molar-refractivity contribution in [3.05, 3.63) is 70.6 Å². The molecule has 7 heteroatoms. The Bertz CT molecular complexity index is 1080. The summed E-state index contributed by atoms with van der Waals surface area (Å²) in [7, 11) is 1.62. The van der Waals surface area contributed by atoms with Gasteiger partial charge in [-0.25, -0.2) is 9.48 Å². The van der Waals surface area contributed by atoms with Crippen LogP contribution in [0.2, 0.25) is 0 Å². The van der Waals surface area contributed by atoms with Crippen LogP contribution < -0.4 is 10.5 Å². The molecule has 0 fully saturated rings. The number of benzene rings is 2. The summed E-state index contributed by atoms with van der Waals surface area (Å²) in [5.41, 5.74) is 0.488. The number of likely N-dealkylation sites (N-methyl/N-ethyl adjacent to an activating group) is 1. The Hall–Kier alpha value is -3.48. The Labute approximate surface area is 168 Å². The summed E-state index contributed by atoms with van der Waals surface area (Å²) >= 11 is 0. The van der Waals surface area contributed by atoms with E-state index in [0.717, 1.165) is 12.8 Å². The molecule has 150 valence electrons. The number of rotatable bonds is 7. The number of carbonyl (C=O) groups excluding carboxylic acids is 2. The Morgan fingerprint density at radius 3 is 2.38 bits per heavy atom. The average Bonchev–Trinajstić information content (AvgIpc) is 2.77. The second-order valence-electron chi connectivity index (χ2n) is 6.64. The highest BCUT2D eigenvalue weighted by molar-refractivity contribution is 6.03. The van der Waals surface area contributed by atoms with Gasteiger partial charge in [0, 0.05) is 24.7 Å². The van der Waals surface area contributed by atoms with E-state index in [9.17, 15) is 14.4 Å². The van der Waals surface area contributed by atoms with Crippen molar-refractivity contribution in [1.82, 2.24) is 9.78 Å². The van der Waals surface area contributed by atoms with Gasteiger partial charge < -0.3 is 9.64 Å². The lowest BCUT2D eigenvalue weighted by molar-refractivity contribution is -0.121. The molecule has 0 saturated heterocycles. The van der Waals surface area contributed by atoms with Crippen molar-refractivity contribution in [2.24, 2.45) is 0 Å². The minimum atomic E-state index is -0.735. The van der Waals surface area contributed by atoms with Gasteiger partial charge in [0.2, 0.25) is 0 Å². The van der Waals surface area contributed by atoms with Crippen LogP contribution in [0.1, 0.15) is 30.3 Å². The van der Waals surface area contributed by atoms with Gasteiger partial charge in [0.25, 0.3) is 11.5 Å². The number of fused-ring (bicyclic) bond motifs is 1. The molecule has 0 N–H and O–H groups in total. The van der Waals surface area contributed by atoms with Gasteiger partial charge in [0.05, 0.1) is 5.39 Å². The van der Waals surface area contributed by atoms with Crippen molar-refractivity contribution in [1.29, 1.82) is 0 Å². The molecular weight excluding hydrogens is 370 g/mol. The molecule has 0 unspecified atom stereocenters. The third kappa shape index (κ3) is 4.51. The highest BCUT2D eigenvalue weighted by Crippen LogP contribution is 2.15. The predicted octanol–water partition coefficient (Wildman–Crippen LogP) is 3.02. The number of aryl methyl sites for hydroxylation is 1. The molecule has 1 aromatic heterocycles. The second kappa shape index (κ2) is 9.14. The van der Waals surface area contributed by atoms with Crippen LogP contribution in [-0.4, -0.2) is 35.3 Å². The van der Waals surface area contributed by atoms with Gasteiger partial charge in [0.1, 0.15) is 0 Å². The second-order valence-corrected chi connectivity index (χ2v) is 6.64. The molecule has 7 nitrogen and oxygen atoms in total. The molecule has 1 heterocycles. The van der Waals surface area contributed by atoms with Gasteiger partial charge in [0.15, 0.2) is 12.3 Å². The van der Waals surface area contributed by atoms with Crippen molar-refractivity contribution in [3.8, 4) is 0 Å². The summed E-state index contributed by atoms with van der Waals surface area (Å²) in [5, 5.41) is 5.04. The fraction of sp³-hybridized carbons (Fsp3) is 0.273. The molecule has 3 rings (SSSR count). The van der Waals surface area contributed by atoms with Crippen molar-refractivity contribution in [2.75, 3.05) is 18.6 Å². The lowest BCUT2D eigenvalue weighted by Crippen LogP contribution is -2.32. The quantitative estimate of drug-likeness (QED) is 0.577. The van der Waals surface area contributed by atoms with E-state index in [1.54, 1.807) is 43.4 Å². The number of ether oxygens (including phenoxy) is 1. The Balaban J connectivity index is 1.82. The standard InChI is InChI=1S/C22H23N3O4/c1-3-4-14-25-21(27)18-13-9-8-12-17(18)20(23-25)22(28)29-15-19(26)24(2)16-10-6-5-7-11-16/h5-13H,3-4,14-15H2,1-2H3. The number of anilines is 1. The number of para-hydroxylation sites is 1. The van der Waals surface area contributed by atoms with Gasteiger partial charge in [-0.2, -0.15) is 5.10 Å². The third-order valence-electron chi connectivity index (χ3n) is 4.63. The van der Waals surface area contributed by atoms with Crippen molar-refractivity contribution in [2.45, 2.75) is 26.3 Å². The maximum Gasteiger partial charge on any atom is 0.359 e. The van der Waals surface area contributed by atoms with Crippen LogP contribution in [-0.2, 0) is 16.1 Å². The first-order valence-electron chi connectivity index (χ1n) is 9.51. The molecule has 0 saturated carbocycles. The van der Waals surface area contributed by atoms with Gasteiger partial charge in [-0.15, -0.1) is 0 Å². The van der Waals surface area contributed by atoms with E-state index in [1.807, 2.05) is 25.1 Å². The summed E-state index contributed by atoms with van der Waals surface area (Å²) in [5.74, 6) is -1.10. The van der Waals surface area contributed by atoms with E-state index in [-0.39, 0.29) is 17.2 Å². The number of carbonyl (C=O) groups is 2. The highest BCUT2D eigenvalue weighted by atomic mass is 16.5. The first-order valence-corrected chi connectivity index (χ1v) is 9.51. The highest BCUT2D eigenvalue weighted by Gasteiger charge is 2.20. The molecule has 0 aliphatic heterocycles.